The predicted octanol–water partition coefficient (Wildman–Crippen LogP) is 4.21. The van der Waals surface area contributed by atoms with Crippen LogP contribution in [0.15, 0.2) is 53.1 Å². The monoisotopic (exact) mass is 514 g/mol. The third-order valence-electron chi connectivity index (χ3n) is 4.77. The Morgan fingerprint density at radius 2 is 1.89 bits per heavy atom. The molecule has 1 unspecified atom stereocenters. The number of thiol groups is 1. The van der Waals surface area contributed by atoms with E-state index in [2.05, 4.69) is 22.9 Å². The molecule has 35 heavy (non-hydrogen) atoms. The molecular formula is C22H22F4N4O4S. The molecule has 2 heterocycles. The number of alkyl halides is 3. The first-order valence-electron chi connectivity index (χ1n) is 10.3. The van der Waals surface area contributed by atoms with Gasteiger partial charge in [0.15, 0.2) is 6.23 Å². The van der Waals surface area contributed by atoms with Crippen LogP contribution in [0.5, 0.6) is 0 Å². The van der Waals surface area contributed by atoms with E-state index in [0.717, 1.165) is 35.5 Å². The molecule has 1 atom stereocenters. The van der Waals surface area contributed by atoms with Gasteiger partial charge >= 0.3 is 12.3 Å². The summed E-state index contributed by atoms with van der Waals surface area (Å²) in [5, 5.41) is 15.3. The number of hydrogen-bond acceptors (Lipinski definition) is 7. The van der Waals surface area contributed by atoms with Crippen molar-refractivity contribution in [1.82, 2.24) is 9.99 Å². The molecule has 0 spiro atoms. The van der Waals surface area contributed by atoms with Gasteiger partial charge in [-0.1, -0.05) is 13.8 Å². The Bertz CT molecular complexity index is 1110. The van der Waals surface area contributed by atoms with Crippen molar-refractivity contribution >= 4 is 36.0 Å². The number of halogens is 4. The van der Waals surface area contributed by atoms with Gasteiger partial charge in [0.1, 0.15) is 11.5 Å². The Morgan fingerprint density at radius 3 is 2.43 bits per heavy atom. The second kappa shape index (κ2) is 10.5. The molecule has 0 saturated heterocycles. The highest BCUT2D eigenvalue weighted by molar-refractivity contribution is 7.84. The van der Waals surface area contributed by atoms with Gasteiger partial charge in [-0.2, -0.15) is 18.2 Å². The molecule has 0 saturated carbocycles. The topological polar surface area (TPSA) is 95.0 Å². The normalized spacial score (nSPS) is 16.5. The van der Waals surface area contributed by atoms with E-state index in [1.807, 2.05) is 0 Å². The van der Waals surface area contributed by atoms with Crippen LogP contribution in [0.2, 0.25) is 0 Å². The number of ether oxygens (including phenoxy) is 1. The smallest absolute Gasteiger partial charge is 0.433 e. The number of amides is 2. The number of aliphatic hydroxyl groups excluding tert-OH is 1. The van der Waals surface area contributed by atoms with Crippen LogP contribution in [-0.2, 0) is 15.7 Å². The fourth-order valence-electron chi connectivity index (χ4n) is 3.11. The zero-order valence-corrected chi connectivity index (χ0v) is 19.5. The number of hydrazine groups is 1. The van der Waals surface area contributed by atoms with Crippen LogP contribution in [0.25, 0.3) is 0 Å². The molecule has 13 heteroatoms. The number of anilines is 2. The third-order valence-corrected chi connectivity index (χ3v) is 5.15. The van der Waals surface area contributed by atoms with Crippen molar-refractivity contribution in [2.75, 3.05) is 23.5 Å². The summed E-state index contributed by atoms with van der Waals surface area (Å²) in [5.74, 6) is -1.39. The van der Waals surface area contributed by atoms with E-state index in [9.17, 15) is 32.3 Å². The zero-order chi connectivity index (χ0) is 25.9. The second-order valence-corrected chi connectivity index (χ2v) is 8.51. The standard InChI is InChI=1S/C22H22F4N4O4S/c1-12(2)11-34-21(33)30-20(32)18(19(31)28-14-5-3-13(23)4-6-14)16(35)10-29(30)15-7-8-17(27-9-15)22(24,25)26/h3-9,12,20,32,35H,10-11H2,1-2H3,(H,28,31). The Hall–Kier alpha value is -3.32. The molecule has 1 aliphatic rings. The van der Waals surface area contributed by atoms with Crippen molar-refractivity contribution in [3.8, 4) is 0 Å². The third kappa shape index (κ3) is 6.22. The average Bonchev–Trinajstić information content (AvgIpc) is 2.78. The molecule has 188 valence electrons. The minimum atomic E-state index is -4.67. The van der Waals surface area contributed by atoms with E-state index in [1.54, 1.807) is 13.8 Å². The fourth-order valence-corrected chi connectivity index (χ4v) is 3.46. The van der Waals surface area contributed by atoms with Crippen LogP contribution in [0, 0.1) is 11.7 Å². The van der Waals surface area contributed by atoms with E-state index in [0.29, 0.717) is 5.01 Å². The van der Waals surface area contributed by atoms with Gasteiger partial charge in [-0.05, 0) is 42.3 Å². The van der Waals surface area contributed by atoms with Gasteiger partial charge in [0.05, 0.1) is 30.6 Å². The average molecular weight is 515 g/mol. The molecule has 2 N–H and O–H groups in total. The number of pyridine rings is 1. The minimum Gasteiger partial charge on any atom is -0.448 e. The molecule has 1 aromatic carbocycles. The van der Waals surface area contributed by atoms with Crippen LogP contribution in [0.1, 0.15) is 19.5 Å². The lowest BCUT2D eigenvalue weighted by molar-refractivity contribution is -0.141. The summed E-state index contributed by atoms with van der Waals surface area (Å²) in [6.45, 7) is 3.28. The number of aliphatic hydroxyl groups is 1. The number of benzene rings is 1. The first-order valence-corrected chi connectivity index (χ1v) is 10.8. The summed E-state index contributed by atoms with van der Waals surface area (Å²) in [4.78, 5) is 29.2. The highest BCUT2D eigenvalue weighted by atomic mass is 32.1. The molecule has 0 aliphatic carbocycles. The van der Waals surface area contributed by atoms with Gasteiger partial charge in [-0.3, -0.25) is 9.80 Å². The summed E-state index contributed by atoms with van der Waals surface area (Å²) >= 11 is 4.29. The quantitative estimate of drug-likeness (QED) is 0.409. The number of nitrogens with zero attached hydrogens (tertiary/aromatic N) is 3. The first-order chi connectivity index (χ1) is 16.4. The van der Waals surface area contributed by atoms with Gasteiger partial charge in [-0.15, -0.1) is 12.6 Å². The maximum Gasteiger partial charge on any atom is 0.433 e. The molecule has 0 radical (unpaired) electrons. The lowest BCUT2D eigenvalue weighted by Crippen LogP contribution is -2.58. The number of rotatable bonds is 5. The lowest BCUT2D eigenvalue weighted by Gasteiger charge is -2.42. The van der Waals surface area contributed by atoms with Crippen molar-refractivity contribution < 1.29 is 37.0 Å². The summed E-state index contributed by atoms with van der Waals surface area (Å²) in [5.41, 5.74) is -1.20. The predicted molar refractivity (Wildman–Crippen MR) is 122 cm³/mol. The molecule has 0 fully saturated rings. The van der Waals surface area contributed by atoms with Crippen molar-refractivity contribution in [1.29, 1.82) is 0 Å². The maximum atomic E-state index is 13.2. The number of carbonyl (C=O) groups excluding carboxylic acids is 2. The molecular weight excluding hydrogens is 492 g/mol. The van der Waals surface area contributed by atoms with Crippen LogP contribution < -0.4 is 10.3 Å². The molecule has 2 aromatic rings. The number of hydrogen-bond donors (Lipinski definition) is 3. The zero-order valence-electron chi connectivity index (χ0n) is 18.6. The van der Waals surface area contributed by atoms with Gasteiger partial charge in [-0.25, -0.2) is 14.2 Å². The van der Waals surface area contributed by atoms with Crippen LogP contribution in [0.4, 0.5) is 33.7 Å². The van der Waals surface area contributed by atoms with Gasteiger partial charge in [0, 0.05) is 10.6 Å². The minimum absolute atomic E-state index is 0.0167. The molecule has 2 amide bonds. The molecule has 3 rings (SSSR count). The van der Waals surface area contributed by atoms with E-state index in [4.69, 9.17) is 4.74 Å². The van der Waals surface area contributed by atoms with Crippen LogP contribution >= 0.6 is 12.6 Å². The van der Waals surface area contributed by atoms with E-state index in [1.165, 1.54) is 12.1 Å². The summed E-state index contributed by atoms with van der Waals surface area (Å²) in [6.07, 6.45) is -6.74. The summed E-state index contributed by atoms with van der Waals surface area (Å²) < 4.78 is 57.1. The fraction of sp³-hybridized carbons (Fsp3) is 0.318. The number of aromatic nitrogens is 1. The van der Waals surface area contributed by atoms with Gasteiger partial charge in [0.25, 0.3) is 5.91 Å². The second-order valence-electron chi connectivity index (χ2n) is 7.97. The summed E-state index contributed by atoms with van der Waals surface area (Å²) in [6, 6.07) is 6.63. The van der Waals surface area contributed by atoms with E-state index in [-0.39, 0.29) is 40.9 Å². The Balaban J connectivity index is 1.95. The van der Waals surface area contributed by atoms with E-state index < -0.39 is 35.9 Å². The molecule has 1 aromatic heterocycles. The lowest BCUT2D eigenvalue weighted by atomic mass is 10.1. The summed E-state index contributed by atoms with van der Waals surface area (Å²) in [7, 11) is 0. The van der Waals surface area contributed by atoms with Gasteiger partial charge < -0.3 is 15.2 Å². The van der Waals surface area contributed by atoms with Crippen molar-refractivity contribution in [2.45, 2.75) is 26.3 Å². The Labute approximate surface area is 203 Å². The van der Waals surface area contributed by atoms with Crippen molar-refractivity contribution in [3.05, 3.63) is 64.6 Å². The first kappa shape index (κ1) is 26.3. The van der Waals surface area contributed by atoms with E-state index >= 15 is 0 Å². The number of carbonyl (C=O) groups is 2. The largest absolute Gasteiger partial charge is 0.448 e. The van der Waals surface area contributed by atoms with Crippen LogP contribution in [0.3, 0.4) is 0 Å². The SMILES string of the molecule is CC(C)COC(=O)N1C(O)C(C(=O)Nc2ccc(F)cc2)=C(S)CN1c1ccc(C(F)(F)F)nc1. The Morgan fingerprint density at radius 1 is 1.23 bits per heavy atom. The molecule has 0 bridgehead atoms. The maximum absolute atomic E-state index is 13.2. The number of nitrogens with one attached hydrogen (secondary N) is 1. The van der Waals surface area contributed by atoms with Crippen molar-refractivity contribution in [2.24, 2.45) is 5.92 Å². The van der Waals surface area contributed by atoms with Gasteiger partial charge in [0.2, 0.25) is 0 Å². The molecule has 8 nitrogen and oxygen atoms in total. The highest BCUT2D eigenvalue weighted by Gasteiger charge is 2.41. The Kier molecular flexibility index (Phi) is 7.90. The van der Waals surface area contributed by atoms with Crippen LogP contribution in [-0.4, -0.2) is 46.5 Å². The van der Waals surface area contributed by atoms with Crippen molar-refractivity contribution in [3.63, 3.8) is 0 Å². The highest BCUT2D eigenvalue weighted by Crippen LogP contribution is 2.33. The molecule has 1 aliphatic heterocycles.